The highest BCUT2D eigenvalue weighted by atomic mass is 16.5. The molecule has 1 aromatic carbocycles. The van der Waals surface area contributed by atoms with Crippen molar-refractivity contribution in [2.75, 3.05) is 24.2 Å². The fraction of sp³-hybridized carbons (Fsp3) is 0.296. The summed E-state index contributed by atoms with van der Waals surface area (Å²) in [5.41, 5.74) is 11.1. The third kappa shape index (κ3) is 4.22. The predicted octanol–water partition coefficient (Wildman–Crippen LogP) is 4.41. The van der Waals surface area contributed by atoms with Gasteiger partial charge in [0.2, 0.25) is 0 Å². The SMILES string of the molecule is CCNc1ccc2ccc(CCc3cncc(-n4cc([C@H]5CCCO5)c5c(N)ncnc54)n3)cc2n1. The summed E-state index contributed by atoms with van der Waals surface area (Å²) in [6.07, 6.45) is 10.7. The standard InChI is InChI=1S/C27H28N8O/c1-2-30-23-10-8-18-7-5-17(12-21(18)34-23)6-9-19-13-29-14-24(33-19)35-15-20(22-4-3-11-36-22)25-26(28)31-16-32-27(25)35/h5,7-8,10,12-16,22H,2-4,6,9,11H2,1H3,(H,30,34)(H2,28,31,32)/t22-/m1/s1. The van der Waals surface area contributed by atoms with Crippen molar-refractivity contribution in [3.05, 3.63) is 72.1 Å². The summed E-state index contributed by atoms with van der Waals surface area (Å²) in [4.78, 5) is 22.9. The molecular weight excluding hydrogens is 452 g/mol. The number of ether oxygens (including phenoxy) is 1. The number of nitrogens with zero attached hydrogens (tertiary/aromatic N) is 6. The van der Waals surface area contributed by atoms with Gasteiger partial charge in [0.05, 0.1) is 28.9 Å². The van der Waals surface area contributed by atoms with Gasteiger partial charge < -0.3 is 15.8 Å². The number of aryl methyl sites for hydroxylation is 2. The third-order valence-electron chi connectivity index (χ3n) is 6.62. The van der Waals surface area contributed by atoms with E-state index < -0.39 is 0 Å². The van der Waals surface area contributed by atoms with Crippen molar-refractivity contribution in [1.82, 2.24) is 29.5 Å². The predicted molar refractivity (Wildman–Crippen MR) is 140 cm³/mol. The first kappa shape index (κ1) is 22.4. The van der Waals surface area contributed by atoms with E-state index in [-0.39, 0.29) is 6.10 Å². The van der Waals surface area contributed by atoms with Gasteiger partial charge >= 0.3 is 0 Å². The third-order valence-corrected chi connectivity index (χ3v) is 6.62. The summed E-state index contributed by atoms with van der Waals surface area (Å²) >= 11 is 0. The Kier molecular flexibility index (Phi) is 5.90. The second-order valence-electron chi connectivity index (χ2n) is 9.04. The van der Waals surface area contributed by atoms with Gasteiger partial charge in [-0.15, -0.1) is 0 Å². The Morgan fingerprint density at radius 3 is 2.89 bits per heavy atom. The molecule has 182 valence electrons. The molecule has 1 aliphatic rings. The molecule has 3 N–H and O–H groups in total. The average molecular weight is 481 g/mol. The maximum atomic E-state index is 6.26. The van der Waals surface area contributed by atoms with Crippen molar-refractivity contribution in [2.24, 2.45) is 0 Å². The molecule has 9 nitrogen and oxygen atoms in total. The summed E-state index contributed by atoms with van der Waals surface area (Å²) in [7, 11) is 0. The quantitative estimate of drug-likeness (QED) is 0.352. The molecule has 6 rings (SSSR count). The van der Waals surface area contributed by atoms with Gasteiger partial charge in [-0.2, -0.15) is 0 Å². The number of nitrogens with two attached hydrogens (primary N) is 1. The molecule has 0 saturated carbocycles. The van der Waals surface area contributed by atoms with E-state index in [9.17, 15) is 0 Å². The van der Waals surface area contributed by atoms with Crippen molar-refractivity contribution >= 4 is 33.6 Å². The van der Waals surface area contributed by atoms with Crippen LogP contribution in [0.2, 0.25) is 0 Å². The van der Waals surface area contributed by atoms with E-state index in [0.717, 1.165) is 77.8 Å². The normalized spacial score (nSPS) is 15.6. The second kappa shape index (κ2) is 9.50. The van der Waals surface area contributed by atoms with Gasteiger partial charge in [0, 0.05) is 36.5 Å². The summed E-state index contributed by atoms with van der Waals surface area (Å²) in [6, 6.07) is 10.5. The van der Waals surface area contributed by atoms with E-state index in [1.807, 2.05) is 23.0 Å². The second-order valence-corrected chi connectivity index (χ2v) is 9.04. The summed E-state index contributed by atoms with van der Waals surface area (Å²) in [5.74, 6) is 2.05. The van der Waals surface area contributed by atoms with Crippen LogP contribution < -0.4 is 11.1 Å². The summed E-state index contributed by atoms with van der Waals surface area (Å²) < 4.78 is 7.89. The van der Waals surface area contributed by atoms with E-state index in [2.05, 4.69) is 51.5 Å². The van der Waals surface area contributed by atoms with Crippen LogP contribution in [0, 0.1) is 0 Å². The van der Waals surface area contributed by atoms with Gasteiger partial charge in [0.25, 0.3) is 0 Å². The molecule has 36 heavy (non-hydrogen) atoms. The zero-order valence-corrected chi connectivity index (χ0v) is 20.2. The molecule has 1 atom stereocenters. The molecule has 5 aromatic rings. The molecule has 4 aromatic heterocycles. The van der Waals surface area contributed by atoms with Gasteiger partial charge in [0.15, 0.2) is 11.5 Å². The maximum absolute atomic E-state index is 6.26. The van der Waals surface area contributed by atoms with E-state index in [4.69, 9.17) is 20.4 Å². The van der Waals surface area contributed by atoms with Crippen LogP contribution >= 0.6 is 0 Å². The van der Waals surface area contributed by atoms with Crippen LogP contribution in [0.25, 0.3) is 27.8 Å². The highest BCUT2D eigenvalue weighted by molar-refractivity contribution is 5.91. The number of aromatic nitrogens is 6. The van der Waals surface area contributed by atoms with Gasteiger partial charge in [-0.3, -0.25) is 9.55 Å². The Morgan fingerprint density at radius 1 is 1.11 bits per heavy atom. The molecule has 0 radical (unpaired) electrons. The van der Waals surface area contributed by atoms with Gasteiger partial charge in [-0.1, -0.05) is 12.1 Å². The topological polar surface area (TPSA) is 117 Å². The molecule has 0 bridgehead atoms. The average Bonchev–Trinajstić information content (AvgIpc) is 3.57. The Bertz CT molecular complexity index is 1540. The number of hydrogen-bond acceptors (Lipinski definition) is 8. The number of rotatable bonds is 7. The lowest BCUT2D eigenvalue weighted by Crippen LogP contribution is -2.03. The fourth-order valence-electron chi connectivity index (χ4n) is 4.86. The number of hydrogen-bond donors (Lipinski definition) is 2. The molecule has 1 saturated heterocycles. The monoisotopic (exact) mass is 480 g/mol. The van der Waals surface area contributed by atoms with Crippen LogP contribution in [0.5, 0.6) is 0 Å². The Balaban J connectivity index is 1.28. The molecule has 1 aliphatic heterocycles. The largest absolute Gasteiger partial charge is 0.383 e. The number of pyridine rings is 1. The van der Waals surface area contributed by atoms with Crippen molar-refractivity contribution in [1.29, 1.82) is 0 Å². The highest BCUT2D eigenvalue weighted by Crippen LogP contribution is 2.36. The maximum Gasteiger partial charge on any atom is 0.157 e. The number of nitrogens with one attached hydrogen (secondary N) is 1. The Labute approximate surface area is 208 Å². The smallest absolute Gasteiger partial charge is 0.157 e. The molecule has 0 spiro atoms. The summed E-state index contributed by atoms with van der Waals surface area (Å²) in [6.45, 7) is 3.66. The molecule has 0 aliphatic carbocycles. The van der Waals surface area contributed by atoms with Crippen LogP contribution in [-0.2, 0) is 17.6 Å². The van der Waals surface area contributed by atoms with E-state index in [1.165, 1.54) is 11.9 Å². The van der Waals surface area contributed by atoms with Gasteiger partial charge in [-0.25, -0.2) is 19.9 Å². The Morgan fingerprint density at radius 2 is 2.03 bits per heavy atom. The Hall–Kier alpha value is -4.11. The van der Waals surface area contributed by atoms with Crippen LogP contribution in [0.4, 0.5) is 11.6 Å². The van der Waals surface area contributed by atoms with Crippen molar-refractivity contribution < 1.29 is 4.74 Å². The summed E-state index contributed by atoms with van der Waals surface area (Å²) in [5, 5.41) is 5.24. The molecular formula is C27H28N8O. The van der Waals surface area contributed by atoms with Crippen molar-refractivity contribution in [3.8, 4) is 5.82 Å². The number of anilines is 2. The lowest BCUT2D eigenvalue weighted by Gasteiger charge is -2.08. The van der Waals surface area contributed by atoms with Crippen LogP contribution in [0.15, 0.2) is 55.2 Å². The first-order chi connectivity index (χ1) is 17.7. The minimum atomic E-state index is -0.00672. The molecule has 5 heterocycles. The molecule has 9 heteroatoms. The van der Waals surface area contributed by atoms with Gasteiger partial charge in [0.1, 0.15) is 18.0 Å². The van der Waals surface area contributed by atoms with E-state index in [1.54, 1.807) is 6.20 Å². The molecule has 1 fully saturated rings. The van der Waals surface area contributed by atoms with Crippen LogP contribution in [0.3, 0.4) is 0 Å². The fourth-order valence-corrected chi connectivity index (χ4v) is 4.86. The van der Waals surface area contributed by atoms with Gasteiger partial charge in [-0.05, 0) is 56.4 Å². The van der Waals surface area contributed by atoms with Crippen molar-refractivity contribution in [2.45, 2.75) is 38.7 Å². The molecule has 0 amide bonds. The van der Waals surface area contributed by atoms with E-state index >= 15 is 0 Å². The lowest BCUT2D eigenvalue weighted by atomic mass is 10.1. The first-order valence-electron chi connectivity index (χ1n) is 12.4. The highest BCUT2D eigenvalue weighted by Gasteiger charge is 2.25. The number of benzene rings is 1. The number of fused-ring (bicyclic) bond motifs is 2. The minimum absolute atomic E-state index is 0.00672. The molecule has 0 unspecified atom stereocenters. The zero-order chi connectivity index (χ0) is 24.5. The van der Waals surface area contributed by atoms with Crippen molar-refractivity contribution in [3.63, 3.8) is 0 Å². The first-order valence-corrected chi connectivity index (χ1v) is 12.4. The minimum Gasteiger partial charge on any atom is -0.383 e. The zero-order valence-electron chi connectivity index (χ0n) is 20.2. The lowest BCUT2D eigenvalue weighted by molar-refractivity contribution is 0.113. The van der Waals surface area contributed by atoms with E-state index in [0.29, 0.717) is 11.6 Å². The van der Waals surface area contributed by atoms with Crippen LogP contribution in [-0.4, -0.2) is 42.6 Å². The number of nitrogen functional groups attached to an aromatic ring is 1. The van der Waals surface area contributed by atoms with Crippen LogP contribution in [0.1, 0.15) is 42.7 Å².